The first-order chi connectivity index (χ1) is 6.29. The molecule has 1 aromatic rings. The van der Waals surface area contributed by atoms with Gasteiger partial charge in [-0.25, -0.2) is 0 Å². The average Bonchev–Trinajstić information content (AvgIpc) is 2.14. The number of rotatable bonds is 5. The van der Waals surface area contributed by atoms with Crippen LogP contribution in [0.2, 0.25) is 0 Å². The number of nitrogens with zero attached hydrogens (tertiary/aromatic N) is 1. The van der Waals surface area contributed by atoms with Crippen LogP contribution in [0.15, 0.2) is 24.5 Å². The van der Waals surface area contributed by atoms with Gasteiger partial charge in [-0.15, -0.1) is 0 Å². The second-order valence-electron chi connectivity index (χ2n) is 2.59. The van der Waals surface area contributed by atoms with Crippen LogP contribution in [0.4, 0.5) is 8.78 Å². The molecule has 0 saturated carbocycles. The van der Waals surface area contributed by atoms with Gasteiger partial charge in [-0.2, -0.15) is 8.78 Å². The van der Waals surface area contributed by atoms with Gasteiger partial charge in [0.1, 0.15) is 0 Å². The monoisotopic (exact) mass is 187 g/mol. The van der Waals surface area contributed by atoms with Crippen molar-refractivity contribution in [3.8, 4) is 0 Å². The van der Waals surface area contributed by atoms with E-state index in [1.54, 1.807) is 12.4 Å². The van der Waals surface area contributed by atoms with E-state index in [4.69, 9.17) is 0 Å². The Kier molecular flexibility index (Phi) is 4.32. The quantitative estimate of drug-likeness (QED) is 0.659. The molecular formula is C9H11F2NO. The first kappa shape index (κ1) is 10.1. The number of halogens is 2. The Morgan fingerprint density at radius 3 is 2.62 bits per heavy atom. The highest BCUT2D eigenvalue weighted by molar-refractivity contribution is 5.09. The SMILES string of the molecule is FC(F)OCCCc1ccncc1. The van der Waals surface area contributed by atoms with Crippen molar-refractivity contribution in [2.75, 3.05) is 6.61 Å². The number of pyridine rings is 1. The first-order valence-electron chi connectivity index (χ1n) is 4.07. The molecule has 0 aliphatic carbocycles. The molecule has 4 heteroatoms. The van der Waals surface area contributed by atoms with Gasteiger partial charge in [0.05, 0.1) is 6.61 Å². The normalized spacial score (nSPS) is 10.7. The highest BCUT2D eigenvalue weighted by Crippen LogP contribution is 2.02. The maximum atomic E-state index is 11.5. The predicted octanol–water partition coefficient (Wildman–Crippen LogP) is 2.25. The average molecular weight is 187 g/mol. The van der Waals surface area contributed by atoms with E-state index in [-0.39, 0.29) is 6.61 Å². The Labute approximate surface area is 75.6 Å². The van der Waals surface area contributed by atoms with Crippen LogP contribution in [0.25, 0.3) is 0 Å². The Bertz CT molecular complexity index is 228. The van der Waals surface area contributed by atoms with Crippen LogP contribution in [0.5, 0.6) is 0 Å². The molecule has 0 spiro atoms. The van der Waals surface area contributed by atoms with Gasteiger partial charge >= 0.3 is 6.61 Å². The van der Waals surface area contributed by atoms with E-state index < -0.39 is 6.61 Å². The lowest BCUT2D eigenvalue weighted by atomic mass is 10.1. The van der Waals surface area contributed by atoms with Crippen LogP contribution in [0.1, 0.15) is 12.0 Å². The number of aromatic nitrogens is 1. The van der Waals surface area contributed by atoms with E-state index in [1.807, 2.05) is 12.1 Å². The minimum absolute atomic E-state index is 0.0972. The van der Waals surface area contributed by atoms with Gasteiger partial charge in [0, 0.05) is 12.4 Å². The zero-order chi connectivity index (χ0) is 9.52. The smallest absolute Gasteiger partial charge is 0.323 e. The largest absolute Gasteiger partial charge is 0.345 e. The number of aryl methyl sites for hydroxylation is 1. The second-order valence-corrected chi connectivity index (χ2v) is 2.59. The van der Waals surface area contributed by atoms with Crippen LogP contribution in [-0.4, -0.2) is 18.2 Å². The Hall–Kier alpha value is -1.03. The fraction of sp³-hybridized carbons (Fsp3) is 0.444. The van der Waals surface area contributed by atoms with Crippen molar-refractivity contribution < 1.29 is 13.5 Å². The van der Waals surface area contributed by atoms with Gasteiger partial charge in [-0.05, 0) is 30.5 Å². The minimum Gasteiger partial charge on any atom is -0.323 e. The molecule has 1 aromatic heterocycles. The molecule has 0 N–H and O–H groups in total. The number of ether oxygens (including phenoxy) is 1. The summed E-state index contributed by atoms with van der Waals surface area (Å²) in [6, 6.07) is 3.73. The third-order valence-electron chi connectivity index (χ3n) is 1.60. The standard InChI is InChI=1S/C9H11F2NO/c10-9(11)13-7-1-2-8-3-5-12-6-4-8/h3-6,9H,1-2,7H2. The molecule has 0 aromatic carbocycles. The molecule has 0 saturated heterocycles. The zero-order valence-corrected chi connectivity index (χ0v) is 7.12. The topological polar surface area (TPSA) is 22.1 Å². The van der Waals surface area contributed by atoms with Crippen LogP contribution in [-0.2, 0) is 11.2 Å². The molecule has 2 nitrogen and oxygen atoms in total. The van der Waals surface area contributed by atoms with Gasteiger partial charge in [0.15, 0.2) is 0 Å². The van der Waals surface area contributed by atoms with Crippen molar-refractivity contribution in [3.05, 3.63) is 30.1 Å². The maximum Gasteiger partial charge on any atom is 0.345 e. The van der Waals surface area contributed by atoms with Gasteiger partial charge in [-0.1, -0.05) is 0 Å². The fourth-order valence-corrected chi connectivity index (χ4v) is 0.998. The summed E-state index contributed by atoms with van der Waals surface area (Å²) in [5, 5.41) is 0. The van der Waals surface area contributed by atoms with Crippen LogP contribution in [0.3, 0.4) is 0 Å². The van der Waals surface area contributed by atoms with Crippen LogP contribution in [0, 0.1) is 0 Å². The van der Waals surface area contributed by atoms with Crippen molar-refractivity contribution in [2.45, 2.75) is 19.5 Å². The lowest BCUT2D eigenvalue weighted by Gasteiger charge is -2.02. The Balaban J connectivity index is 2.13. The summed E-state index contributed by atoms with van der Waals surface area (Å²) >= 11 is 0. The molecule has 0 aliphatic rings. The van der Waals surface area contributed by atoms with E-state index in [9.17, 15) is 8.78 Å². The van der Waals surface area contributed by atoms with Crippen molar-refractivity contribution in [2.24, 2.45) is 0 Å². The van der Waals surface area contributed by atoms with E-state index in [1.165, 1.54) is 0 Å². The van der Waals surface area contributed by atoms with Crippen LogP contribution >= 0.6 is 0 Å². The van der Waals surface area contributed by atoms with Crippen molar-refractivity contribution >= 4 is 0 Å². The number of hydrogen-bond donors (Lipinski definition) is 0. The molecule has 0 amide bonds. The molecule has 0 bridgehead atoms. The third-order valence-corrected chi connectivity index (χ3v) is 1.60. The van der Waals surface area contributed by atoms with Crippen LogP contribution < -0.4 is 0 Å². The molecule has 0 atom stereocenters. The molecule has 1 rings (SSSR count). The first-order valence-corrected chi connectivity index (χ1v) is 4.07. The lowest BCUT2D eigenvalue weighted by molar-refractivity contribution is -0.129. The summed E-state index contributed by atoms with van der Waals surface area (Å²) < 4.78 is 27.2. The molecule has 0 unspecified atom stereocenters. The van der Waals surface area contributed by atoms with Gasteiger partial charge in [0.2, 0.25) is 0 Å². The van der Waals surface area contributed by atoms with Gasteiger partial charge in [-0.3, -0.25) is 4.98 Å². The van der Waals surface area contributed by atoms with Gasteiger partial charge < -0.3 is 4.74 Å². The highest BCUT2D eigenvalue weighted by atomic mass is 19.3. The molecule has 0 aliphatic heterocycles. The third kappa shape index (κ3) is 4.52. The summed E-state index contributed by atoms with van der Waals surface area (Å²) in [4.78, 5) is 3.85. The van der Waals surface area contributed by atoms with Gasteiger partial charge in [0.25, 0.3) is 0 Å². The summed E-state index contributed by atoms with van der Waals surface area (Å²) in [6.07, 6.45) is 4.72. The molecule has 0 fully saturated rings. The predicted molar refractivity (Wildman–Crippen MR) is 44.5 cm³/mol. The maximum absolute atomic E-state index is 11.5. The van der Waals surface area contributed by atoms with E-state index >= 15 is 0 Å². The van der Waals surface area contributed by atoms with Crippen molar-refractivity contribution in [3.63, 3.8) is 0 Å². The number of alkyl halides is 2. The van der Waals surface area contributed by atoms with E-state index in [0.29, 0.717) is 6.42 Å². The Morgan fingerprint density at radius 2 is 2.00 bits per heavy atom. The molecular weight excluding hydrogens is 176 g/mol. The number of hydrogen-bond acceptors (Lipinski definition) is 2. The van der Waals surface area contributed by atoms with Crippen molar-refractivity contribution in [1.82, 2.24) is 4.98 Å². The zero-order valence-electron chi connectivity index (χ0n) is 7.12. The fourth-order valence-electron chi connectivity index (χ4n) is 0.998. The highest BCUT2D eigenvalue weighted by Gasteiger charge is 2.00. The van der Waals surface area contributed by atoms with Crippen molar-refractivity contribution in [1.29, 1.82) is 0 Å². The molecule has 0 radical (unpaired) electrons. The minimum atomic E-state index is -2.66. The lowest BCUT2D eigenvalue weighted by Crippen LogP contribution is -2.01. The summed E-state index contributed by atoms with van der Waals surface area (Å²) in [5.74, 6) is 0. The molecule has 1 heterocycles. The molecule has 13 heavy (non-hydrogen) atoms. The van der Waals surface area contributed by atoms with E-state index in [2.05, 4.69) is 9.72 Å². The summed E-state index contributed by atoms with van der Waals surface area (Å²) in [7, 11) is 0. The molecule has 72 valence electrons. The van der Waals surface area contributed by atoms with E-state index in [0.717, 1.165) is 12.0 Å². The summed E-state index contributed by atoms with van der Waals surface area (Å²) in [6.45, 7) is -2.56. The summed E-state index contributed by atoms with van der Waals surface area (Å²) in [5.41, 5.74) is 1.09. The Morgan fingerprint density at radius 1 is 1.31 bits per heavy atom. The second kappa shape index (κ2) is 5.59.